The van der Waals surface area contributed by atoms with Gasteiger partial charge in [0, 0.05) is 25.6 Å². The maximum Gasteiger partial charge on any atom is 0.138 e. The number of nitrogens with zero attached hydrogens (tertiary/aromatic N) is 3. The number of aryl methyl sites for hydroxylation is 1. The molecule has 0 bridgehead atoms. The molecule has 0 spiro atoms. The highest BCUT2D eigenvalue weighted by Crippen LogP contribution is 2.26. The lowest BCUT2D eigenvalue weighted by Crippen LogP contribution is -2.48. The Morgan fingerprint density at radius 2 is 2.05 bits per heavy atom. The van der Waals surface area contributed by atoms with Gasteiger partial charge in [-0.05, 0) is 26.3 Å². The van der Waals surface area contributed by atoms with E-state index in [2.05, 4.69) is 43.1 Å². The first-order valence-corrected chi connectivity index (χ1v) is 7.09. The van der Waals surface area contributed by atoms with Crippen LogP contribution in [0.1, 0.15) is 40.4 Å². The van der Waals surface area contributed by atoms with E-state index in [9.17, 15) is 0 Å². The van der Waals surface area contributed by atoms with Crippen LogP contribution in [0.15, 0.2) is 6.33 Å². The van der Waals surface area contributed by atoms with Crippen LogP contribution in [0.2, 0.25) is 0 Å². The van der Waals surface area contributed by atoms with E-state index in [0.717, 1.165) is 25.4 Å². The van der Waals surface area contributed by atoms with Crippen molar-refractivity contribution in [1.82, 2.24) is 20.1 Å². The summed E-state index contributed by atoms with van der Waals surface area (Å²) in [5, 5.41) is 7.60. The summed E-state index contributed by atoms with van der Waals surface area (Å²) in [5.74, 6) is 1.01. The van der Waals surface area contributed by atoms with Crippen LogP contribution < -0.4 is 5.32 Å². The van der Waals surface area contributed by atoms with Crippen molar-refractivity contribution in [3.05, 3.63) is 12.2 Å². The zero-order chi connectivity index (χ0) is 14.5. The molecule has 19 heavy (non-hydrogen) atoms. The Bertz CT molecular complexity index is 370. The Labute approximate surface area is 116 Å². The molecular formula is C14H28N4O. The number of hydrogen-bond acceptors (Lipinski definition) is 4. The van der Waals surface area contributed by atoms with Gasteiger partial charge in [0.05, 0.1) is 6.10 Å². The average Bonchev–Trinajstić information content (AvgIpc) is 2.79. The van der Waals surface area contributed by atoms with Gasteiger partial charge in [-0.2, -0.15) is 5.10 Å². The first-order chi connectivity index (χ1) is 8.93. The van der Waals surface area contributed by atoms with Crippen molar-refractivity contribution in [1.29, 1.82) is 0 Å². The Morgan fingerprint density at radius 3 is 2.53 bits per heavy atom. The van der Waals surface area contributed by atoms with E-state index >= 15 is 0 Å². The largest absolute Gasteiger partial charge is 0.376 e. The number of rotatable bonds is 7. The molecule has 2 unspecified atom stereocenters. The third-order valence-electron chi connectivity index (χ3n) is 3.33. The lowest BCUT2D eigenvalue weighted by Gasteiger charge is -2.36. The molecule has 0 aliphatic rings. The zero-order valence-corrected chi connectivity index (χ0v) is 13.1. The van der Waals surface area contributed by atoms with E-state index in [1.165, 1.54) is 0 Å². The number of likely N-dealkylation sites (N-methyl/N-ethyl adjacent to an activating group) is 1. The Kier molecular flexibility index (Phi) is 5.94. The van der Waals surface area contributed by atoms with Crippen LogP contribution in [-0.4, -0.2) is 40.6 Å². The van der Waals surface area contributed by atoms with E-state index in [1.807, 2.05) is 18.7 Å². The second-order valence-corrected chi connectivity index (χ2v) is 5.83. The molecule has 1 N–H and O–H groups in total. The summed E-state index contributed by atoms with van der Waals surface area (Å²) in [6, 6.07) is 0.231. The smallest absolute Gasteiger partial charge is 0.138 e. The first-order valence-electron chi connectivity index (χ1n) is 7.09. The quantitative estimate of drug-likeness (QED) is 0.820. The maximum absolute atomic E-state index is 5.96. The van der Waals surface area contributed by atoms with Crippen molar-refractivity contribution in [2.24, 2.45) is 5.41 Å². The van der Waals surface area contributed by atoms with Gasteiger partial charge in [-0.3, -0.25) is 4.68 Å². The Morgan fingerprint density at radius 1 is 1.37 bits per heavy atom. The van der Waals surface area contributed by atoms with Crippen LogP contribution in [0.3, 0.4) is 0 Å². The van der Waals surface area contributed by atoms with E-state index < -0.39 is 0 Å². The van der Waals surface area contributed by atoms with Crippen molar-refractivity contribution in [3.63, 3.8) is 0 Å². The van der Waals surface area contributed by atoms with Gasteiger partial charge >= 0.3 is 0 Å². The molecule has 0 radical (unpaired) electrons. The van der Waals surface area contributed by atoms with Gasteiger partial charge < -0.3 is 10.1 Å². The predicted molar refractivity (Wildman–Crippen MR) is 77.1 cm³/mol. The number of aromatic nitrogens is 3. The topological polar surface area (TPSA) is 52.0 Å². The molecule has 5 heteroatoms. The second kappa shape index (κ2) is 7.01. The molecule has 1 aromatic rings. The monoisotopic (exact) mass is 268 g/mol. The Balaban J connectivity index is 2.86. The molecule has 5 nitrogen and oxygen atoms in total. The number of hydrogen-bond donors (Lipinski definition) is 1. The molecule has 0 amide bonds. The summed E-state index contributed by atoms with van der Waals surface area (Å²) < 4.78 is 7.90. The standard InChI is InChI=1S/C14H28N4O/c1-7-18-12(16-10-17-18)9-11(15-6)13(19-8-2)14(3,4)5/h10-11,13,15H,7-9H2,1-6H3. The summed E-state index contributed by atoms with van der Waals surface area (Å²) in [6.07, 6.45) is 2.59. The summed E-state index contributed by atoms with van der Waals surface area (Å²) in [5.41, 5.74) is 0.0841. The van der Waals surface area contributed by atoms with Gasteiger partial charge in [0.25, 0.3) is 0 Å². The molecule has 1 aromatic heterocycles. The van der Waals surface area contributed by atoms with Gasteiger partial charge in [0.1, 0.15) is 12.2 Å². The highest BCUT2D eigenvalue weighted by Gasteiger charge is 2.33. The Hall–Kier alpha value is -0.940. The normalized spacial score (nSPS) is 15.5. The van der Waals surface area contributed by atoms with E-state index in [1.54, 1.807) is 6.33 Å². The zero-order valence-electron chi connectivity index (χ0n) is 13.1. The fraction of sp³-hybridized carbons (Fsp3) is 0.857. The van der Waals surface area contributed by atoms with Crippen LogP contribution in [0.25, 0.3) is 0 Å². The molecule has 0 aromatic carbocycles. The third-order valence-corrected chi connectivity index (χ3v) is 3.33. The van der Waals surface area contributed by atoms with E-state index in [4.69, 9.17) is 4.74 Å². The van der Waals surface area contributed by atoms with Crippen LogP contribution in [-0.2, 0) is 17.7 Å². The van der Waals surface area contributed by atoms with Crippen molar-refractivity contribution >= 4 is 0 Å². The molecule has 0 saturated heterocycles. The fourth-order valence-corrected chi connectivity index (χ4v) is 2.42. The molecule has 0 saturated carbocycles. The molecule has 0 aliphatic carbocycles. The minimum absolute atomic E-state index is 0.0841. The van der Waals surface area contributed by atoms with Gasteiger partial charge in [-0.1, -0.05) is 20.8 Å². The summed E-state index contributed by atoms with van der Waals surface area (Å²) in [6.45, 7) is 12.3. The van der Waals surface area contributed by atoms with Gasteiger partial charge in [-0.15, -0.1) is 0 Å². The lowest BCUT2D eigenvalue weighted by atomic mass is 9.83. The second-order valence-electron chi connectivity index (χ2n) is 5.83. The van der Waals surface area contributed by atoms with Crippen LogP contribution >= 0.6 is 0 Å². The molecule has 110 valence electrons. The van der Waals surface area contributed by atoms with Gasteiger partial charge in [0.15, 0.2) is 0 Å². The van der Waals surface area contributed by atoms with Crippen molar-refractivity contribution in [2.45, 2.75) is 59.7 Å². The minimum atomic E-state index is 0.0841. The summed E-state index contributed by atoms with van der Waals surface area (Å²) in [7, 11) is 1.98. The summed E-state index contributed by atoms with van der Waals surface area (Å²) in [4.78, 5) is 4.36. The highest BCUT2D eigenvalue weighted by molar-refractivity contribution is 4.95. The third kappa shape index (κ3) is 4.28. The number of ether oxygens (including phenoxy) is 1. The maximum atomic E-state index is 5.96. The number of nitrogens with one attached hydrogen (secondary N) is 1. The van der Waals surface area contributed by atoms with Crippen LogP contribution in [0, 0.1) is 5.41 Å². The van der Waals surface area contributed by atoms with Crippen molar-refractivity contribution < 1.29 is 4.74 Å². The predicted octanol–water partition coefficient (Wildman–Crippen LogP) is 1.88. The lowest BCUT2D eigenvalue weighted by molar-refractivity contribution is -0.0345. The molecule has 0 aliphatic heterocycles. The molecular weight excluding hydrogens is 240 g/mol. The SMILES string of the molecule is CCOC(C(Cc1ncnn1CC)NC)C(C)(C)C. The molecule has 1 heterocycles. The van der Waals surface area contributed by atoms with Gasteiger partial charge in [-0.25, -0.2) is 4.98 Å². The molecule has 2 atom stereocenters. The van der Waals surface area contributed by atoms with E-state index in [-0.39, 0.29) is 17.6 Å². The van der Waals surface area contributed by atoms with Crippen molar-refractivity contribution in [2.75, 3.05) is 13.7 Å². The van der Waals surface area contributed by atoms with Gasteiger partial charge in [0.2, 0.25) is 0 Å². The highest BCUT2D eigenvalue weighted by atomic mass is 16.5. The van der Waals surface area contributed by atoms with Crippen LogP contribution in [0.4, 0.5) is 0 Å². The molecule has 0 fully saturated rings. The van der Waals surface area contributed by atoms with Crippen molar-refractivity contribution in [3.8, 4) is 0 Å². The first kappa shape index (κ1) is 16.1. The minimum Gasteiger partial charge on any atom is -0.376 e. The van der Waals surface area contributed by atoms with E-state index in [0.29, 0.717) is 0 Å². The fourth-order valence-electron chi connectivity index (χ4n) is 2.42. The molecule has 1 rings (SSSR count). The average molecular weight is 268 g/mol. The van der Waals surface area contributed by atoms with Crippen LogP contribution in [0.5, 0.6) is 0 Å². The summed E-state index contributed by atoms with van der Waals surface area (Å²) >= 11 is 0.